The van der Waals surface area contributed by atoms with E-state index in [1.165, 1.54) is 0 Å². The molecule has 0 fully saturated rings. The van der Waals surface area contributed by atoms with Gasteiger partial charge in [0.1, 0.15) is 6.04 Å². The minimum absolute atomic E-state index is 0.426. The zero-order valence-electron chi connectivity index (χ0n) is 9.90. The van der Waals surface area contributed by atoms with Crippen LogP contribution < -0.4 is 5.73 Å². The van der Waals surface area contributed by atoms with Gasteiger partial charge in [0.15, 0.2) is 0 Å². The fraction of sp³-hybridized carbons (Fsp3) is 0.333. The van der Waals surface area contributed by atoms with E-state index in [0.29, 0.717) is 16.5 Å². The van der Waals surface area contributed by atoms with Gasteiger partial charge in [0.25, 0.3) is 0 Å². The van der Waals surface area contributed by atoms with E-state index in [9.17, 15) is 4.79 Å². The third kappa shape index (κ3) is 4.88. The second-order valence-electron chi connectivity index (χ2n) is 3.64. The maximum absolute atomic E-state index is 11.2. The molecular formula is C12H14Cl2N2OS. The van der Waals surface area contributed by atoms with Crippen LogP contribution in [0.3, 0.4) is 0 Å². The van der Waals surface area contributed by atoms with Crippen molar-refractivity contribution in [1.29, 1.82) is 0 Å². The van der Waals surface area contributed by atoms with Gasteiger partial charge in [-0.25, -0.2) is 0 Å². The van der Waals surface area contributed by atoms with E-state index in [4.69, 9.17) is 28.9 Å². The van der Waals surface area contributed by atoms with Gasteiger partial charge < -0.3 is 5.73 Å². The Morgan fingerprint density at radius 2 is 2.28 bits per heavy atom. The van der Waals surface area contributed by atoms with Crippen LogP contribution in [0.2, 0.25) is 10.0 Å². The first-order valence-corrected chi connectivity index (χ1v) is 7.46. The Bertz CT molecular complexity index is 452. The predicted molar refractivity (Wildman–Crippen MR) is 80.0 cm³/mol. The van der Waals surface area contributed by atoms with Crippen LogP contribution >= 0.6 is 35.0 Å². The lowest BCUT2D eigenvalue weighted by Gasteiger charge is -2.07. The highest BCUT2D eigenvalue weighted by atomic mass is 35.5. The normalized spacial score (nSPS) is 12.8. The molecule has 18 heavy (non-hydrogen) atoms. The number of primary amides is 1. The highest BCUT2D eigenvalue weighted by Crippen LogP contribution is 2.19. The highest BCUT2D eigenvalue weighted by Gasteiger charge is 2.12. The number of hydrogen-bond acceptors (Lipinski definition) is 3. The number of amides is 1. The molecule has 0 heterocycles. The summed E-state index contributed by atoms with van der Waals surface area (Å²) in [6.07, 6.45) is 4.16. The summed E-state index contributed by atoms with van der Waals surface area (Å²) in [4.78, 5) is 15.4. The molecule has 0 aliphatic rings. The third-order valence-corrected chi connectivity index (χ3v) is 3.49. The number of aliphatic imine (C=N–C) groups is 1. The summed E-state index contributed by atoms with van der Waals surface area (Å²) in [6.45, 7) is 0. The number of halogens is 2. The van der Waals surface area contributed by atoms with Gasteiger partial charge in [-0.1, -0.05) is 29.3 Å². The minimum Gasteiger partial charge on any atom is -0.368 e. The molecule has 3 nitrogen and oxygen atoms in total. The van der Waals surface area contributed by atoms with Gasteiger partial charge in [0.2, 0.25) is 5.91 Å². The summed E-state index contributed by atoms with van der Waals surface area (Å²) in [5.74, 6) is 0.407. The van der Waals surface area contributed by atoms with Crippen LogP contribution in [0.15, 0.2) is 23.2 Å². The average Bonchev–Trinajstić information content (AvgIpc) is 2.31. The van der Waals surface area contributed by atoms with Crippen LogP contribution in [0, 0.1) is 0 Å². The number of thioether (sulfide) groups is 1. The van der Waals surface area contributed by atoms with Crippen molar-refractivity contribution in [2.45, 2.75) is 12.5 Å². The summed E-state index contributed by atoms with van der Waals surface area (Å²) >= 11 is 13.4. The number of rotatable bonds is 6. The summed E-state index contributed by atoms with van der Waals surface area (Å²) in [7, 11) is 0. The van der Waals surface area contributed by atoms with E-state index >= 15 is 0 Å². The van der Waals surface area contributed by atoms with Crippen molar-refractivity contribution < 1.29 is 4.79 Å². The van der Waals surface area contributed by atoms with Crippen molar-refractivity contribution in [3.05, 3.63) is 33.8 Å². The van der Waals surface area contributed by atoms with Crippen LogP contribution in [0.1, 0.15) is 12.0 Å². The Hall–Kier alpha value is -0.710. The van der Waals surface area contributed by atoms with E-state index < -0.39 is 11.9 Å². The van der Waals surface area contributed by atoms with Gasteiger partial charge in [-0.3, -0.25) is 9.79 Å². The molecule has 1 unspecified atom stereocenters. The molecule has 98 valence electrons. The number of benzene rings is 1. The lowest BCUT2D eigenvalue weighted by Crippen LogP contribution is -2.27. The maximum atomic E-state index is 11.2. The van der Waals surface area contributed by atoms with Crippen molar-refractivity contribution >= 4 is 47.1 Å². The van der Waals surface area contributed by atoms with Crippen LogP contribution in [-0.4, -0.2) is 30.2 Å². The first-order valence-electron chi connectivity index (χ1n) is 5.31. The fourth-order valence-corrected chi connectivity index (χ4v) is 2.21. The SMILES string of the molecule is CSCCC(N=Cc1ccc(Cl)cc1Cl)C(N)=O. The second kappa shape index (κ2) is 7.67. The topological polar surface area (TPSA) is 55.4 Å². The lowest BCUT2D eigenvalue weighted by atomic mass is 10.2. The van der Waals surface area contributed by atoms with E-state index in [2.05, 4.69) is 4.99 Å². The number of nitrogens with zero attached hydrogens (tertiary/aromatic N) is 1. The maximum Gasteiger partial charge on any atom is 0.242 e. The Balaban J connectivity index is 2.78. The van der Waals surface area contributed by atoms with Crippen molar-refractivity contribution in [1.82, 2.24) is 0 Å². The monoisotopic (exact) mass is 304 g/mol. The zero-order chi connectivity index (χ0) is 13.5. The van der Waals surface area contributed by atoms with Gasteiger partial charge in [0.05, 0.1) is 5.02 Å². The van der Waals surface area contributed by atoms with Gasteiger partial charge in [0, 0.05) is 16.8 Å². The largest absolute Gasteiger partial charge is 0.368 e. The molecular weight excluding hydrogens is 291 g/mol. The summed E-state index contributed by atoms with van der Waals surface area (Å²) in [5, 5.41) is 1.06. The van der Waals surface area contributed by atoms with Crippen molar-refractivity contribution in [2.75, 3.05) is 12.0 Å². The van der Waals surface area contributed by atoms with Gasteiger partial charge in [-0.05, 0) is 30.6 Å². The standard InChI is InChI=1S/C12H14Cl2N2OS/c1-18-5-4-11(12(15)17)16-7-8-2-3-9(13)6-10(8)14/h2-3,6-7,11H,4-5H2,1H3,(H2,15,17). The Morgan fingerprint density at radius 3 is 2.83 bits per heavy atom. The fourth-order valence-electron chi connectivity index (χ4n) is 1.30. The van der Waals surface area contributed by atoms with Gasteiger partial charge in [-0.15, -0.1) is 0 Å². The Morgan fingerprint density at radius 1 is 1.56 bits per heavy atom. The summed E-state index contributed by atoms with van der Waals surface area (Å²) < 4.78 is 0. The molecule has 1 rings (SSSR count). The molecule has 0 aliphatic heterocycles. The van der Waals surface area contributed by atoms with Crippen molar-refractivity contribution in [3.8, 4) is 0 Å². The van der Waals surface area contributed by atoms with Crippen LogP contribution in [0.5, 0.6) is 0 Å². The van der Waals surface area contributed by atoms with E-state index in [1.807, 2.05) is 6.26 Å². The van der Waals surface area contributed by atoms with E-state index in [1.54, 1.807) is 36.2 Å². The number of carbonyl (C=O) groups is 1. The zero-order valence-corrected chi connectivity index (χ0v) is 12.2. The van der Waals surface area contributed by atoms with Crippen molar-refractivity contribution in [3.63, 3.8) is 0 Å². The lowest BCUT2D eigenvalue weighted by molar-refractivity contribution is -0.119. The minimum atomic E-state index is -0.510. The Labute approximate surface area is 121 Å². The van der Waals surface area contributed by atoms with Crippen molar-refractivity contribution in [2.24, 2.45) is 10.7 Å². The quantitative estimate of drug-likeness (QED) is 0.821. The number of carbonyl (C=O) groups excluding carboxylic acids is 1. The van der Waals surface area contributed by atoms with Crippen LogP contribution in [0.4, 0.5) is 0 Å². The molecule has 6 heteroatoms. The third-order valence-electron chi connectivity index (χ3n) is 2.28. The molecule has 1 amide bonds. The molecule has 0 saturated carbocycles. The molecule has 0 aromatic heterocycles. The summed E-state index contributed by atoms with van der Waals surface area (Å²) in [6, 6.07) is 4.59. The molecule has 1 atom stereocenters. The summed E-state index contributed by atoms with van der Waals surface area (Å²) in [5.41, 5.74) is 6.01. The molecule has 0 radical (unpaired) electrons. The van der Waals surface area contributed by atoms with Gasteiger partial charge >= 0.3 is 0 Å². The molecule has 1 aromatic rings. The van der Waals surface area contributed by atoms with Gasteiger partial charge in [-0.2, -0.15) is 11.8 Å². The second-order valence-corrected chi connectivity index (χ2v) is 5.47. The molecule has 0 aliphatic carbocycles. The first kappa shape index (κ1) is 15.3. The smallest absolute Gasteiger partial charge is 0.242 e. The molecule has 0 spiro atoms. The number of hydrogen-bond donors (Lipinski definition) is 1. The van der Waals surface area contributed by atoms with E-state index in [0.717, 1.165) is 11.3 Å². The van der Waals surface area contributed by atoms with E-state index in [-0.39, 0.29) is 0 Å². The average molecular weight is 305 g/mol. The Kier molecular flexibility index (Phi) is 6.54. The molecule has 0 saturated heterocycles. The number of nitrogens with two attached hydrogens (primary N) is 1. The molecule has 2 N–H and O–H groups in total. The van der Waals surface area contributed by atoms with Crippen LogP contribution in [-0.2, 0) is 4.79 Å². The first-order chi connectivity index (χ1) is 8.54. The molecule has 0 bridgehead atoms. The predicted octanol–water partition coefficient (Wildman–Crippen LogP) is 3.02. The molecule has 1 aromatic carbocycles. The highest BCUT2D eigenvalue weighted by molar-refractivity contribution is 7.98. The van der Waals surface area contributed by atoms with Crippen LogP contribution in [0.25, 0.3) is 0 Å².